The van der Waals surface area contributed by atoms with Crippen molar-refractivity contribution in [3.05, 3.63) is 41.4 Å². The van der Waals surface area contributed by atoms with Gasteiger partial charge >= 0.3 is 0 Å². The quantitative estimate of drug-likeness (QED) is 0.898. The van der Waals surface area contributed by atoms with Gasteiger partial charge in [0.25, 0.3) is 0 Å². The molecular formula is C17H18ClN3O3. The van der Waals surface area contributed by atoms with Gasteiger partial charge in [-0.2, -0.15) is 0 Å². The van der Waals surface area contributed by atoms with Crippen LogP contribution in [0.5, 0.6) is 0 Å². The zero-order chi connectivity index (χ0) is 17.1. The number of aromatic nitrogens is 1. The SMILES string of the molecule is NC(=O)[C@@H]1CCN(C(=O)CCc2ncc(-c3ccc(Cl)cc3)o2)C1. The van der Waals surface area contributed by atoms with Crippen LogP contribution in [0.3, 0.4) is 0 Å². The molecule has 0 bridgehead atoms. The molecule has 1 saturated heterocycles. The summed E-state index contributed by atoms with van der Waals surface area (Å²) < 4.78 is 5.68. The Morgan fingerprint density at radius 1 is 1.33 bits per heavy atom. The summed E-state index contributed by atoms with van der Waals surface area (Å²) >= 11 is 5.86. The van der Waals surface area contributed by atoms with Gasteiger partial charge < -0.3 is 15.1 Å². The third-order valence-corrected chi connectivity index (χ3v) is 4.43. The molecule has 1 atom stereocenters. The standard InChI is InChI=1S/C17H18ClN3O3/c18-13-3-1-11(2-4-13)14-9-20-15(24-14)5-6-16(22)21-8-7-12(10-21)17(19)23/h1-4,9,12H,5-8,10H2,(H2,19,23)/t12-/m1/s1. The molecule has 2 aromatic rings. The van der Waals surface area contributed by atoms with Crippen LogP contribution in [-0.2, 0) is 16.0 Å². The molecule has 6 nitrogen and oxygen atoms in total. The maximum atomic E-state index is 12.2. The first-order valence-corrected chi connectivity index (χ1v) is 8.18. The molecule has 0 radical (unpaired) electrons. The lowest BCUT2D eigenvalue weighted by atomic mass is 10.1. The second-order valence-corrected chi connectivity index (χ2v) is 6.29. The van der Waals surface area contributed by atoms with Crippen LogP contribution < -0.4 is 5.73 Å². The summed E-state index contributed by atoms with van der Waals surface area (Å²) in [7, 11) is 0. The molecule has 0 spiro atoms. The number of rotatable bonds is 5. The van der Waals surface area contributed by atoms with E-state index in [-0.39, 0.29) is 17.7 Å². The molecule has 1 aliphatic rings. The molecule has 24 heavy (non-hydrogen) atoms. The summed E-state index contributed by atoms with van der Waals surface area (Å²) in [6.45, 7) is 0.990. The van der Waals surface area contributed by atoms with Gasteiger partial charge in [0.05, 0.1) is 12.1 Å². The van der Waals surface area contributed by atoms with Gasteiger partial charge in [-0.3, -0.25) is 9.59 Å². The summed E-state index contributed by atoms with van der Waals surface area (Å²) in [6.07, 6.45) is 3.00. The number of amides is 2. The molecule has 2 amide bonds. The van der Waals surface area contributed by atoms with Crippen LogP contribution in [0.1, 0.15) is 18.7 Å². The van der Waals surface area contributed by atoms with E-state index in [0.29, 0.717) is 49.0 Å². The Hall–Kier alpha value is -2.34. The van der Waals surface area contributed by atoms with E-state index in [0.717, 1.165) is 5.56 Å². The third kappa shape index (κ3) is 3.76. The molecular weight excluding hydrogens is 330 g/mol. The van der Waals surface area contributed by atoms with Crippen LogP contribution >= 0.6 is 11.6 Å². The topological polar surface area (TPSA) is 89.4 Å². The first-order valence-electron chi connectivity index (χ1n) is 7.80. The normalized spacial score (nSPS) is 17.2. The van der Waals surface area contributed by atoms with E-state index < -0.39 is 0 Å². The molecule has 3 rings (SSSR count). The maximum absolute atomic E-state index is 12.2. The zero-order valence-corrected chi connectivity index (χ0v) is 13.8. The summed E-state index contributed by atoms with van der Waals surface area (Å²) in [5.74, 6) is 0.575. The van der Waals surface area contributed by atoms with Gasteiger partial charge in [0, 0.05) is 36.5 Å². The van der Waals surface area contributed by atoms with Crippen LogP contribution in [-0.4, -0.2) is 34.8 Å². The lowest BCUT2D eigenvalue weighted by molar-refractivity contribution is -0.130. The number of hydrogen-bond acceptors (Lipinski definition) is 4. The molecule has 1 aromatic heterocycles. The summed E-state index contributed by atoms with van der Waals surface area (Å²) in [5.41, 5.74) is 6.17. The van der Waals surface area contributed by atoms with Gasteiger partial charge in [0.15, 0.2) is 11.7 Å². The van der Waals surface area contributed by atoms with Gasteiger partial charge in [-0.1, -0.05) is 11.6 Å². The molecule has 0 aliphatic carbocycles. The van der Waals surface area contributed by atoms with Crippen molar-refractivity contribution >= 4 is 23.4 Å². The van der Waals surface area contributed by atoms with Gasteiger partial charge in [0.2, 0.25) is 11.8 Å². The Morgan fingerprint density at radius 2 is 2.08 bits per heavy atom. The van der Waals surface area contributed by atoms with E-state index >= 15 is 0 Å². The number of aryl methyl sites for hydroxylation is 1. The summed E-state index contributed by atoms with van der Waals surface area (Å²) in [5, 5.41) is 0.656. The second kappa shape index (κ2) is 7.05. The van der Waals surface area contributed by atoms with E-state index in [2.05, 4.69) is 4.98 Å². The van der Waals surface area contributed by atoms with Gasteiger partial charge in [0.1, 0.15) is 0 Å². The molecule has 1 aliphatic heterocycles. The van der Waals surface area contributed by atoms with Crippen molar-refractivity contribution in [2.75, 3.05) is 13.1 Å². The molecule has 126 valence electrons. The number of carbonyl (C=O) groups excluding carboxylic acids is 2. The smallest absolute Gasteiger partial charge is 0.223 e. The van der Waals surface area contributed by atoms with Gasteiger partial charge in [-0.15, -0.1) is 0 Å². The zero-order valence-electron chi connectivity index (χ0n) is 13.1. The van der Waals surface area contributed by atoms with Crippen molar-refractivity contribution < 1.29 is 14.0 Å². The highest BCUT2D eigenvalue weighted by Crippen LogP contribution is 2.23. The number of nitrogens with zero attached hydrogens (tertiary/aromatic N) is 2. The average molecular weight is 348 g/mol. The predicted octanol–water partition coefficient (Wildman–Crippen LogP) is 2.26. The first-order chi connectivity index (χ1) is 11.5. The Bertz CT molecular complexity index is 742. The molecule has 0 unspecified atom stereocenters. The highest BCUT2D eigenvalue weighted by molar-refractivity contribution is 6.30. The number of primary amides is 1. The van der Waals surface area contributed by atoms with Crippen molar-refractivity contribution in [1.82, 2.24) is 9.88 Å². The lowest BCUT2D eigenvalue weighted by Crippen LogP contribution is -2.31. The monoisotopic (exact) mass is 347 g/mol. The summed E-state index contributed by atoms with van der Waals surface area (Å²) in [6, 6.07) is 7.27. The largest absolute Gasteiger partial charge is 0.441 e. The van der Waals surface area contributed by atoms with Crippen molar-refractivity contribution in [2.24, 2.45) is 11.7 Å². The second-order valence-electron chi connectivity index (χ2n) is 5.85. The fourth-order valence-electron chi connectivity index (χ4n) is 2.76. The number of nitrogens with two attached hydrogens (primary N) is 1. The maximum Gasteiger partial charge on any atom is 0.223 e. The Balaban J connectivity index is 1.55. The minimum absolute atomic E-state index is 0.00927. The minimum Gasteiger partial charge on any atom is -0.441 e. The Labute approximate surface area is 144 Å². The van der Waals surface area contributed by atoms with Crippen LogP contribution in [0.4, 0.5) is 0 Å². The number of hydrogen-bond donors (Lipinski definition) is 1. The number of carbonyl (C=O) groups is 2. The highest BCUT2D eigenvalue weighted by Gasteiger charge is 2.29. The summed E-state index contributed by atoms with van der Waals surface area (Å²) in [4.78, 5) is 29.2. The molecule has 1 aromatic carbocycles. The number of benzene rings is 1. The minimum atomic E-state index is -0.342. The van der Waals surface area contributed by atoms with E-state index in [4.69, 9.17) is 21.8 Å². The highest BCUT2D eigenvalue weighted by atomic mass is 35.5. The van der Waals surface area contributed by atoms with Crippen LogP contribution in [0.15, 0.2) is 34.9 Å². The van der Waals surface area contributed by atoms with Crippen molar-refractivity contribution in [1.29, 1.82) is 0 Å². The van der Waals surface area contributed by atoms with Crippen LogP contribution in [0.25, 0.3) is 11.3 Å². The van der Waals surface area contributed by atoms with E-state index in [1.165, 1.54) is 0 Å². The molecule has 2 heterocycles. The van der Waals surface area contributed by atoms with Crippen molar-refractivity contribution in [3.8, 4) is 11.3 Å². The van der Waals surface area contributed by atoms with Gasteiger partial charge in [-0.25, -0.2) is 4.98 Å². The number of halogens is 1. The van der Waals surface area contributed by atoms with E-state index in [1.54, 1.807) is 23.2 Å². The van der Waals surface area contributed by atoms with Gasteiger partial charge in [-0.05, 0) is 30.7 Å². The third-order valence-electron chi connectivity index (χ3n) is 4.18. The van der Waals surface area contributed by atoms with Crippen LogP contribution in [0, 0.1) is 5.92 Å². The lowest BCUT2D eigenvalue weighted by Gasteiger charge is -2.15. The number of likely N-dealkylation sites (tertiary alicyclic amines) is 1. The average Bonchev–Trinajstić information content (AvgIpc) is 3.23. The molecule has 0 saturated carbocycles. The molecule has 1 fully saturated rings. The predicted molar refractivity (Wildman–Crippen MR) is 89.2 cm³/mol. The Morgan fingerprint density at radius 3 is 2.75 bits per heavy atom. The van der Waals surface area contributed by atoms with E-state index in [1.807, 2.05) is 12.1 Å². The number of oxazole rings is 1. The van der Waals surface area contributed by atoms with Crippen LogP contribution in [0.2, 0.25) is 5.02 Å². The van der Waals surface area contributed by atoms with Crippen molar-refractivity contribution in [3.63, 3.8) is 0 Å². The first kappa shape index (κ1) is 16.5. The molecule has 7 heteroatoms. The van der Waals surface area contributed by atoms with Crippen molar-refractivity contribution in [2.45, 2.75) is 19.3 Å². The molecule has 2 N–H and O–H groups in total. The Kier molecular flexibility index (Phi) is 4.85. The van der Waals surface area contributed by atoms with E-state index in [9.17, 15) is 9.59 Å². The fraction of sp³-hybridized carbons (Fsp3) is 0.353. The fourth-order valence-corrected chi connectivity index (χ4v) is 2.89.